The van der Waals surface area contributed by atoms with E-state index in [-0.39, 0.29) is 12.1 Å². The van der Waals surface area contributed by atoms with Crippen molar-refractivity contribution in [3.63, 3.8) is 0 Å². The van der Waals surface area contributed by atoms with Gasteiger partial charge in [0, 0.05) is 76.1 Å². The summed E-state index contributed by atoms with van der Waals surface area (Å²) >= 11 is 0. The van der Waals surface area contributed by atoms with E-state index in [2.05, 4.69) is 59.7 Å². The second kappa shape index (κ2) is 8.55. The van der Waals surface area contributed by atoms with Crippen molar-refractivity contribution in [1.82, 2.24) is 24.3 Å². The maximum atomic E-state index is 10.8. The largest absolute Gasteiger partial charge is 0.390 e. The van der Waals surface area contributed by atoms with Gasteiger partial charge in [0.2, 0.25) is 0 Å². The van der Waals surface area contributed by atoms with Crippen LogP contribution in [0.3, 0.4) is 0 Å². The van der Waals surface area contributed by atoms with E-state index in [0.29, 0.717) is 6.54 Å². The summed E-state index contributed by atoms with van der Waals surface area (Å²) in [7, 11) is 0. The summed E-state index contributed by atoms with van der Waals surface area (Å²) in [6.45, 7) is 6.24. The van der Waals surface area contributed by atoms with Gasteiger partial charge in [0.25, 0.3) is 0 Å². The van der Waals surface area contributed by atoms with Crippen molar-refractivity contribution in [2.75, 3.05) is 44.2 Å². The molecule has 7 heteroatoms. The Morgan fingerprint density at radius 2 is 1.83 bits per heavy atom. The molecule has 2 aliphatic rings. The lowest BCUT2D eigenvalue weighted by molar-refractivity contribution is 0.0790. The summed E-state index contributed by atoms with van der Waals surface area (Å²) in [5, 5.41) is 10.8. The molecule has 0 radical (unpaired) electrons. The first kappa shape index (κ1) is 19.2. The molecular formula is C23H28N6O. The molecule has 0 amide bonds. The second-order valence-electron chi connectivity index (χ2n) is 8.12. The smallest absolute Gasteiger partial charge is 0.128 e. The van der Waals surface area contributed by atoms with Crippen molar-refractivity contribution >= 4 is 5.82 Å². The molecule has 0 bridgehead atoms. The Morgan fingerprint density at radius 3 is 2.60 bits per heavy atom. The van der Waals surface area contributed by atoms with E-state index >= 15 is 0 Å². The number of aliphatic hydroxyl groups excluding tert-OH is 1. The zero-order chi connectivity index (χ0) is 20.3. The minimum atomic E-state index is -0.312. The van der Waals surface area contributed by atoms with Crippen LogP contribution >= 0.6 is 0 Å². The monoisotopic (exact) mass is 404 g/mol. The van der Waals surface area contributed by atoms with Gasteiger partial charge in [-0.3, -0.25) is 14.8 Å². The fourth-order valence-electron chi connectivity index (χ4n) is 4.68. The fourth-order valence-corrected chi connectivity index (χ4v) is 4.68. The highest BCUT2D eigenvalue weighted by Gasteiger charge is 2.37. The number of piperazine rings is 1. The Kier molecular flexibility index (Phi) is 5.48. The maximum Gasteiger partial charge on any atom is 0.128 e. The van der Waals surface area contributed by atoms with Crippen molar-refractivity contribution in [2.24, 2.45) is 0 Å². The van der Waals surface area contributed by atoms with Crippen LogP contribution in [0.5, 0.6) is 0 Å². The van der Waals surface area contributed by atoms with E-state index in [0.717, 1.165) is 50.8 Å². The summed E-state index contributed by atoms with van der Waals surface area (Å²) in [5.74, 6) is 1.04. The lowest BCUT2D eigenvalue weighted by Gasteiger charge is -2.39. The topological polar surface area (TPSA) is 60.7 Å². The van der Waals surface area contributed by atoms with E-state index in [4.69, 9.17) is 0 Å². The zero-order valence-corrected chi connectivity index (χ0v) is 17.1. The van der Waals surface area contributed by atoms with Crippen LogP contribution in [0.2, 0.25) is 0 Å². The first-order chi connectivity index (χ1) is 14.8. The highest BCUT2D eigenvalue weighted by Crippen LogP contribution is 2.22. The van der Waals surface area contributed by atoms with Gasteiger partial charge >= 0.3 is 0 Å². The molecule has 2 aliphatic heterocycles. The molecule has 5 heterocycles. The highest BCUT2D eigenvalue weighted by molar-refractivity contribution is 5.38. The average molecular weight is 405 g/mol. The molecule has 156 valence electrons. The van der Waals surface area contributed by atoms with Gasteiger partial charge in [-0.15, -0.1) is 0 Å². The summed E-state index contributed by atoms with van der Waals surface area (Å²) < 4.78 is 2.18. The molecule has 0 saturated carbocycles. The normalized spacial score (nSPS) is 23.2. The zero-order valence-electron chi connectivity index (χ0n) is 17.1. The number of rotatable bonds is 5. The predicted molar refractivity (Wildman–Crippen MR) is 117 cm³/mol. The van der Waals surface area contributed by atoms with Crippen molar-refractivity contribution in [2.45, 2.75) is 18.7 Å². The number of anilines is 1. The number of aliphatic hydroxyl groups is 1. The maximum absolute atomic E-state index is 10.8. The lowest BCUT2D eigenvalue weighted by Crippen LogP contribution is -2.53. The number of hydrogen-bond donors (Lipinski definition) is 1. The van der Waals surface area contributed by atoms with E-state index in [9.17, 15) is 5.11 Å². The number of aromatic nitrogens is 3. The molecule has 1 N–H and O–H groups in total. The van der Waals surface area contributed by atoms with Crippen LogP contribution in [0.25, 0.3) is 5.69 Å². The predicted octanol–water partition coefficient (Wildman–Crippen LogP) is 1.63. The van der Waals surface area contributed by atoms with Gasteiger partial charge in [0.1, 0.15) is 5.82 Å². The summed E-state index contributed by atoms with van der Waals surface area (Å²) in [6.07, 6.45) is 7.29. The first-order valence-electron chi connectivity index (χ1n) is 10.6. The summed E-state index contributed by atoms with van der Waals surface area (Å²) in [5.41, 5.74) is 2.29. The fraction of sp³-hybridized carbons (Fsp3) is 0.391. The van der Waals surface area contributed by atoms with Crippen LogP contribution in [0.15, 0.2) is 67.3 Å². The molecule has 0 unspecified atom stereocenters. The van der Waals surface area contributed by atoms with Gasteiger partial charge in [-0.05, 0) is 36.4 Å². The Morgan fingerprint density at radius 1 is 0.933 bits per heavy atom. The van der Waals surface area contributed by atoms with Crippen LogP contribution in [0.4, 0.5) is 5.82 Å². The number of likely N-dealkylation sites (tertiary alicyclic amines) is 1. The molecule has 2 atom stereocenters. The van der Waals surface area contributed by atoms with E-state index in [1.165, 1.54) is 5.69 Å². The van der Waals surface area contributed by atoms with Gasteiger partial charge in [-0.25, -0.2) is 4.98 Å². The van der Waals surface area contributed by atoms with E-state index in [1.807, 2.05) is 30.6 Å². The minimum Gasteiger partial charge on any atom is -0.390 e. The Labute approximate surface area is 177 Å². The third-order valence-corrected chi connectivity index (χ3v) is 6.23. The van der Waals surface area contributed by atoms with Gasteiger partial charge in [0.15, 0.2) is 0 Å². The van der Waals surface area contributed by atoms with Gasteiger partial charge in [-0.2, -0.15) is 0 Å². The average Bonchev–Trinajstić information content (AvgIpc) is 3.41. The van der Waals surface area contributed by atoms with Crippen LogP contribution < -0.4 is 4.90 Å². The third kappa shape index (κ3) is 3.96. The molecule has 2 fully saturated rings. The molecule has 7 nitrogen and oxygen atoms in total. The van der Waals surface area contributed by atoms with Gasteiger partial charge < -0.3 is 14.6 Å². The summed E-state index contributed by atoms with van der Waals surface area (Å²) in [6, 6.07) is 14.5. The lowest BCUT2D eigenvalue weighted by atomic mass is 10.1. The van der Waals surface area contributed by atoms with Crippen molar-refractivity contribution in [3.05, 3.63) is 72.9 Å². The van der Waals surface area contributed by atoms with Crippen LogP contribution in [0.1, 0.15) is 5.69 Å². The molecule has 30 heavy (non-hydrogen) atoms. The second-order valence-corrected chi connectivity index (χ2v) is 8.12. The Balaban J connectivity index is 1.20. The molecule has 0 aliphatic carbocycles. The molecule has 0 spiro atoms. The quantitative estimate of drug-likeness (QED) is 0.698. The highest BCUT2D eigenvalue weighted by atomic mass is 16.3. The first-order valence-corrected chi connectivity index (χ1v) is 10.6. The minimum absolute atomic E-state index is 0.192. The molecule has 0 aromatic carbocycles. The molecular weight excluding hydrogens is 376 g/mol. The van der Waals surface area contributed by atoms with Crippen LogP contribution in [-0.2, 0) is 6.54 Å². The number of β-amino-alcohol motifs (C(OH)–C–C–N with tert-alkyl or cyclic N) is 1. The van der Waals surface area contributed by atoms with E-state index in [1.54, 1.807) is 6.20 Å². The molecule has 3 aromatic heterocycles. The molecule has 3 aromatic rings. The van der Waals surface area contributed by atoms with Gasteiger partial charge in [-0.1, -0.05) is 6.07 Å². The number of nitrogens with zero attached hydrogens (tertiary/aromatic N) is 6. The Bertz CT molecular complexity index is 939. The number of hydrogen-bond acceptors (Lipinski definition) is 6. The van der Waals surface area contributed by atoms with Crippen molar-refractivity contribution < 1.29 is 5.11 Å². The van der Waals surface area contributed by atoms with Crippen molar-refractivity contribution in [1.29, 1.82) is 0 Å². The summed E-state index contributed by atoms with van der Waals surface area (Å²) in [4.78, 5) is 15.8. The SMILES string of the molecule is O[C@H]1CN(Cc2cccn2-c2cccnc2)C[C@@H]1N1CCN(c2ccccn2)CC1. The standard InChI is InChI=1S/C23H28N6O/c30-22-18-26(16-20-6-4-10-29(20)19-5-3-8-24-15-19)17-21(22)27-11-13-28(14-12-27)23-7-1-2-9-25-23/h1-10,15,21-22,30H,11-14,16-18H2/t21-,22-/m0/s1. The molecule has 2 saturated heterocycles. The third-order valence-electron chi connectivity index (χ3n) is 6.23. The molecule has 5 rings (SSSR count). The van der Waals surface area contributed by atoms with Gasteiger partial charge in [0.05, 0.1) is 18.0 Å². The van der Waals surface area contributed by atoms with Crippen molar-refractivity contribution in [3.8, 4) is 5.69 Å². The Hall–Kier alpha value is -2.74. The van der Waals surface area contributed by atoms with Crippen LogP contribution in [0, 0.1) is 0 Å². The van der Waals surface area contributed by atoms with Crippen LogP contribution in [-0.4, -0.2) is 80.9 Å². The van der Waals surface area contributed by atoms with E-state index < -0.39 is 0 Å². The number of pyridine rings is 2.